The van der Waals surface area contributed by atoms with Gasteiger partial charge in [-0.15, -0.1) is 11.3 Å². The number of nitrogen functional groups attached to an aromatic ring is 1. The zero-order valence-corrected chi connectivity index (χ0v) is 8.88. The number of benzene rings is 1. The molecule has 0 amide bonds. The molecule has 0 bridgehead atoms. The summed E-state index contributed by atoms with van der Waals surface area (Å²) in [6.07, 6.45) is 0.940. The van der Waals surface area contributed by atoms with Crippen molar-refractivity contribution < 1.29 is 0 Å². The molecule has 1 nitrogen and oxygen atoms in total. The van der Waals surface area contributed by atoms with Crippen LogP contribution in [0.5, 0.6) is 0 Å². The molecule has 68 valence electrons. The molecule has 0 radical (unpaired) electrons. The Bertz CT molecular complexity index is 447. The molecule has 1 heterocycles. The van der Waals surface area contributed by atoms with Crippen LogP contribution in [0.25, 0.3) is 10.1 Å². The summed E-state index contributed by atoms with van der Waals surface area (Å²) >= 11 is 7.72. The minimum atomic E-state index is 0.808. The summed E-state index contributed by atoms with van der Waals surface area (Å²) in [5.41, 5.74) is 7.08. The van der Waals surface area contributed by atoms with E-state index >= 15 is 0 Å². The molecule has 0 unspecified atom stereocenters. The lowest BCUT2D eigenvalue weighted by Crippen LogP contribution is -1.86. The Morgan fingerprint density at radius 3 is 2.92 bits per heavy atom. The SMILES string of the molecule is CCc1c(N)sc2cccc(Cl)c12. The first kappa shape index (κ1) is 8.85. The van der Waals surface area contributed by atoms with Crippen molar-refractivity contribution in [2.24, 2.45) is 0 Å². The van der Waals surface area contributed by atoms with E-state index in [-0.39, 0.29) is 0 Å². The van der Waals surface area contributed by atoms with E-state index in [1.807, 2.05) is 12.1 Å². The Morgan fingerprint density at radius 1 is 1.46 bits per heavy atom. The maximum atomic E-state index is 6.11. The van der Waals surface area contributed by atoms with Gasteiger partial charge in [0.05, 0.1) is 5.00 Å². The van der Waals surface area contributed by atoms with Gasteiger partial charge in [-0.05, 0) is 24.1 Å². The average molecular weight is 212 g/mol. The van der Waals surface area contributed by atoms with Crippen molar-refractivity contribution in [3.63, 3.8) is 0 Å². The molecule has 3 heteroatoms. The van der Waals surface area contributed by atoms with Gasteiger partial charge in [-0.3, -0.25) is 0 Å². The van der Waals surface area contributed by atoms with Gasteiger partial charge in [0.1, 0.15) is 0 Å². The first-order valence-electron chi connectivity index (χ1n) is 4.19. The Kier molecular flexibility index (Phi) is 2.18. The largest absolute Gasteiger partial charge is 0.390 e. The summed E-state index contributed by atoms with van der Waals surface area (Å²) in [5.74, 6) is 0. The molecule has 0 atom stereocenters. The Morgan fingerprint density at radius 2 is 2.23 bits per heavy atom. The molecule has 1 aromatic heterocycles. The quantitative estimate of drug-likeness (QED) is 0.765. The van der Waals surface area contributed by atoms with Gasteiger partial charge in [-0.25, -0.2) is 0 Å². The third-order valence-electron chi connectivity index (χ3n) is 2.15. The second kappa shape index (κ2) is 3.20. The van der Waals surface area contributed by atoms with E-state index in [0.717, 1.165) is 21.8 Å². The van der Waals surface area contributed by atoms with Crippen molar-refractivity contribution in [2.75, 3.05) is 5.73 Å². The van der Waals surface area contributed by atoms with Gasteiger partial charge in [0.2, 0.25) is 0 Å². The van der Waals surface area contributed by atoms with Crippen molar-refractivity contribution in [3.05, 3.63) is 28.8 Å². The van der Waals surface area contributed by atoms with Crippen LogP contribution < -0.4 is 5.73 Å². The third kappa shape index (κ3) is 1.30. The van der Waals surface area contributed by atoms with Crippen LogP contribution in [0, 0.1) is 0 Å². The fraction of sp³-hybridized carbons (Fsp3) is 0.200. The summed E-state index contributed by atoms with van der Waals surface area (Å²) in [6.45, 7) is 2.10. The van der Waals surface area contributed by atoms with Crippen molar-refractivity contribution in [2.45, 2.75) is 13.3 Å². The number of fused-ring (bicyclic) bond motifs is 1. The van der Waals surface area contributed by atoms with Crippen molar-refractivity contribution in [3.8, 4) is 0 Å². The van der Waals surface area contributed by atoms with Crippen LogP contribution in [-0.2, 0) is 6.42 Å². The molecule has 2 rings (SSSR count). The molecule has 0 aliphatic rings. The van der Waals surface area contributed by atoms with E-state index in [1.165, 1.54) is 10.3 Å². The van der Waals surface area contributed by atoms with Gasteiger partial charge in [0.15, 0.2) is 0 Å². The fourth-order valence-electron chi connectivity index (χ4n) is 1.54. The van der Waals surface area contributed by atoms with Crippen LogP contribution in [0.15, 0.2) is 18.2 Å². The topological polar surface area (TPSA) is 26.0 Å². The first-order chi connectivity index (χ1) is 6.24. The highest BCUT2D eigenvalue weighted by molar-refractivity contribution is 7.23. The lowest BCUT2D eigenvalue weighted by molar-refractivity contribution is 1.17. The van der Waals surface area contributed by atoms with E-state index in [0.29, 0.717) is 0 Å². The molecule has 0 saturated heterocycles. The Balaban J connectivity index is 2.88. The van der Waals surface area contributed by atoms with E-state index in [9.17, 15) is 0 Å². The minimum Gasteiger partial charge on any atom is -0.390 e. The molecule has 0 aliphatic heterocycles. The zero-order chi connectivity index (χ0) is 9.42. The van der Waals surface area contributed by atoms with Crippen LogP contribution in [0.2, 0.25) is 5.02 Å². The number of rotatable bonds is 1. The molecule has 0 saturated carbocycles. The summed E-state index contributed by atoms with van der Waals surface area (Å²) in [5, 5.41) is 2.84. The molecular formula is C10H10ClNS. The first-order valence-corrected chi connectivity index (χ1v) is 5.39. The number of aryl methyl sites for hydroxylation is 1. The molecule has 0 aliphatic carbocycles. The summed E-state index contributed by atoms with van der Waals surface area (Å²) < 4.78 is 1.18. The average Bonchev–Trinajstić information content (AvgIpc) is 2.42. The highest BCUT2D eigenvalue weighted by Gasteiger charge is 2.10. The molecular weight excluding hydrogens is 202 g/mol. The monoisotopic (exact) mass is 211 g/mol. The van der Waals surface area contributed by atoms with Crippen LogP contribution in [0.1, 0.15) is 12.5 Å². The predicted molar refractivity (Wildman–Crippen MR) is 60.6 cm³/mol. The lowest BCUT2D eigenvalue weighted by atomic mass is 10.1. The Labute approximate surface area is 86.1 Å². The number of hydrogen-bond donors (Lipinski definition) is 1. The standard InChI is InChI=1S/C10H10ClNS/c1-2-6-9-7(11)4-3-5-8(9)13-10(6)12/h3-5H,2,12H2,1H3. The number of thiophene rings is 1. The van der Waals surface area contributed by atoms with Gasteiger partial charge in [-0.2, -0.15) is 0 Å². The van der Waals surface area contributed by atoms with Crippen LogP contribution in [-0.4, -0.2) is 0 Å². The zero-order valence-electron chi connectivity index (χ0n) is 7.30. The van der Waals surface area contributed by atoms with Crippen molar-refractivity contribution in [1.29, 1.82) is 0 Å². The Hall–Kier alpha value is -0.730. The number of hydrogen-bond acceptors (Lipinski definition) is 2. The van der Waals surface area contributed by atoms with Crippen LogP contribution >= 0.6 is 22.9 Å². The normalized spacial score (nSPS) is 10.9. The fourth-order valence-corrected chi connectivity index (χ4v) is 2.97. The van der Waals surface area contributed by atoms with E-state index in [1.54, 1.807) is 11.3 Å². The number of nitrogens with two attached hydrogens (primary N) is 1. The van der Waals surface area contributed by atoms with E-state index < -0.39 is 0 Å². The number of anilines is 1. The van der Waals surface area contributed by atoms with Crippen molar-refractivity contribution >= 4 is 38.0 Å². The second-order valence-corrected chi connectivity index (χ2v) is 4.40. The molecule has 2 aromatic rings. The summed E-state index contributed by atoms with van der Waals surface area (Å²) in [4.78, 5) is 0. The van der Waals surface area contributed by atoms with Crippen LogP contribution in [0.3, 0.4) is 0 Å². The third-order valence-corrected chi connectivity index (χ3v) is 3.49. The molecule has 0 fully saturated rings. The van der Waals surface area contributed by atoms with E-state index in [4.69, 9.17) is 17.3 Å². The molecule has 0 spiro atoms. The maximum absolute atomic E-state index is 6.11. The smallest absolute Gasteiger partial charge is 0.0901 e. The van der Waals surface area contributed by atoms with Gasteiger partial charge in [0, 0.05) is 15.1 Å². The number of halogens is 1. The van der Waals surface area contributed by atoms with Gasteiger partial charge in [-0.1, -0.05) is 24.6 Å². The van der Waals surface area contributed by atoms with Gasteiger partial charge >= 0.3 is 0 Å². The summed E-state index contributed by atoms with van der Waals surface area (Å²) in [6, 6.07) is 5.93. The molecule has 13 heavy (non-hydrogen) atoms. The van der Waals surface area contributed by atoms with Crippen molar-refractivity contribution in [1.82, 2.24) is 0 Å². The molecule has 2 N–H and O–H groups in total. The van der Waals surface area contributed by atoms with Gasteiger partial charge in [0.25, 0.3) is 0 Å². The minimum absolute atomic E-state index is 0.808. The van der Waals surface area contributed by atoms with E-state index in [2.05, 4.69) is 13.0 Å². The summed E-state index contributed by atoms with van der Waals surface area (Å²) in [7, 11) is 0. The predicted octanol–water partition coefficient (Wildman–Crippen LogP) is 3.70. The van der Waals surface area contributed by atoms with Gasteiger partial charge < -0.3 is 5.73 Å². The molecule has 1 aromatic carbocycles. The second-order valence-electron chi connectivity index (χ2n) is 2.91. The highest BCUT2D eigenvalue weighted by Crippen LogP contribution is 2.37. The maximum Gasteiger partial charge on any atom is 0.0901 e. The lowest BCUT2D eigenvalue weighted by Gasteiger charge is -1.97. The highest BCUT2D eigenvalue weighted by atomic mass is 35.5. The van der Waals surface area contributed by atoms with Crippen LogP contribution in [0.4, 0.5) is 5.00 Å².